The summed E-state index contributed by atoms with van der Waals surface area (Å²) in [5, 5.41) is 14.9. The van der Waals surface area contributed by atoms with Crippen LogP contribution >= 0.6 is 0 Å². The summed E-state index contributed by atoms with van der Waals surface area (Å²) in [6.45, 7) is 0. The van der Waals surface area contributed by atoms with Crippen LogP contribution in [-0.4, -0.2) is 30.1 Å². The standard InChI is InChI=1S/C11H14N2O3/c1-12-10(15)7-5-6-8(13-11(7)16)3-2-4-9(6)14/h5,11,13,16H,2-4H2,1H3,(H,12,15). The molecule has 1 amide bonds. The van der Waals surface area contributed by atoms with Crippen molar-refractivity contribution in [3.05, 3.63) is 22.9 Å². The van der Waals surface area contributed by atoms with E-state index < -0.39 is 6.23 Å². The Balaban J connectivity index is 2.37. The van der Waals surface area contributed by atoms with Crippen LogP contribution in [0.25, 0.3) is 0 Å². The molecule has 0 saturated carbocycles. The van der Waals surface area contributed by atoms with E-state index in [2.05, 4.69) is 10.6 Å². The Labute approximate surface area is 93.2 Å². The summed E-state index contributed by atoms with van der Waals surface area (Å²) < 4.78 is 0. The van der Waals surface area contributed by atoms with E-state index in [4.69, 9.17) is 0 Å². The van der Waals surface area contributed by atoms with Crippen molar-refractivity contribution in [2.45, 2.75) is 25.5 Å². The summed E-state index contributed by atoms with van der Waals surface area (Å²) >= 11 is 0. The molecule has 1 aliphatic carbocycles. The first-order valence-electron chi connectivity index (χ1n) is 5.28. The zero-order valence-electron chi connectivity index (χ0n) is 9.04. The van der Waals surface area contributed by atoms with Gasteiger partial charge in [-0.05, 0) is 18.9 Å². The van der Waals surface area contributed by atoms with Gasteiger partial charge in [0.15, 0.2) is 12.0 Å². The van der Waals surface area contributed by atoms with Crippen molar-refractivity contribution in [2.24, 2.45) is 0 Å². The molecule has 0 saturated heterocycles. The molecule has 0 aromatic rings. The maximum absolute atomic E-state index is 11.6. The topological polar surface area (TPSA) is 78.4 Å². The molecule has 0 aromatic heterocycles. The highest BCUT2D eigenvalue weighted by Crippen LogP contribution is 2.26. The van der Waals surface area contributed by atoms with Crippen LogP contribution in [0.15, 0.2) is 22.9 Å². The first-order chi connectivity index (χ1) is 7.63. The van der Waals surface area contributed by atoms with Crippen LogP contribution in [0.4, 0.5) is 0 Å². The number of rotatable bonds is 1. The molecular formula is C11H14N2O3. The highest BCUT2D eigenvalue weighted by molar-refractivity contribution is 6.03. The highest BCUT2D eigenvalue weighted by Gasteiger charge is 2.29. The molecule has 2 aliphatic rings. The third kappa shape index (κ3) is 1.74. The smallest absolute Gasteiger partial charge is 0.251 e. The SMILES string of the molecule is CNC(=O)C1=CC2=C(CCCC2=O)NC1O. The van der Waals surface area contributed by atoms with Crippen LogP contribution in [-0.2, 0) is 9.59 Å². The average Bonchev–Trinajstić information content (AvgIpc) is 2.28. The number of allylic oxidation sites excluding steroid dienone is 3. The van der Waals surface area contributed by atoms with Gasteiger partial charge in [0.25, 0.3) is 5.91 Å². The van der Waals surface area contributed by atoms with Crippen molar-refractivity contribution in [1.82, 2.24) is 10.6 Å². The Morgan fingerprint density at radius 1 is 1.56 bits per heavy atom. The fourth-order valence-corrected chi connectivity index (χ4v) is 1.99. The number of dihydropyridines is 1. The number of Topliss-reactive ketones (excluding diaryl/α,β-unsaturated/α-hetero) is 1. The molecule has 5 heteroatoms. The summed E-state index contributed by atoms with van der Waals surface area (Å²) in [4.78, 5) is 23.1. The molecule has 0 fully saturated rings. The predicted octanol–water partition coefficient (Wildman–Crippen LogP) is -0.413. The Kier molecular flexibility index (Phi) is 2.78. The van der Waals surface area contributed by atoms with Crippen LogP contribution < -0.4 is 10.6 Å². The number of nitrogens with one attached hydrogen (secondary N) is 2. The Bertz CT molecular complexity index is 409. The first-order valence-corrected chi connectivity index (χ1v) is 5.28. The fraction of sp³-hybridized carbons (Fsp3) is 0.455. The number of aliphatic hydroxyl groups excluding tert-OH is 1. The number of hydrogen-bond acceptors (Lipinski definition) is 4. The zero-order chi connectivity index (χ0) is 11.7. The fourth-order valence-electron chi connectivity index (χ4n) is 1.99. The summed E-state index contributed by atoms with van der Waals surface area (Å²) in [7, 11) is 1.49. The predicted molar refractivity (Wildman–Crippen MR) is 57.2 cm³/mol. The number of aliphatic hydroxyl groups is 1. The van der Waals surface area contributed by atoms with Crippen molar-refractivity contribution in [3.8, 4) is 0 Å². The lowest BCUT2D eigenvalue weighted by Crippen LogP contribution is -2.41. The molecule has 5 nitrogen and oxygen atoms in total. The molecule has 0 bridgehead atoms. The average molecular weight is 222 g/mol. The molecule has 3 N–H and O–H groups in total. The van der Waals surface area contributed by atoms with Crippen molar-refractivity contribution in [1.29, 1.82) is 0 Å². The van der Waals surface area contributed by atoms with Crippen LogP contribution in [0.1, 0.15) is 19.3 Å². The Morgan fingerprint density at radius 2 is 2.31 bits per heavy atom. The van der Waals surface area contributed by atoms with Crippen LogP contribution in [0.5, 0.6) is 0 Å². The van der Waals surface area contributed by atoms with Gasteiger partial charge in [-0.15, -0.1) is 0 Å². The summed E-state index contributed by atoms with van der Waals surface area (Å²) in [6, 6.07) is 0. The third-order valence-corrected chi connectivity index (χ3v) is 2.85. The lowest BCUT2D eigenvalue weighted by Gasteiger charge is -2.28. The van der Waals surface area contributed by atoms with Gasteiger partial charge in [-0.3, -0.25) is 9.59 Å². The van der Waals surface area contributed by atoms with E-state index in [0.29, 0.717) is 12.0 Å². The van der Waals surface area contributed by atoms with Crippen LogP contribution in [0.2, 0.25) is 0 Å². The van der Waals surface area contributed by atoms with E-state index in [1.807, 2.05) is 0 Å². The van der Waals surface area contributed by atoms with E-state index in [9.17, 15) is 14.7 Å². The van der Waals surface area contributed by atoms with Crippen molar-refractivity contribution < 1.29 is 14.7 Å². The monoisotopic (exact) mass is 222 g/mol. The van der Waals surface area contributed by atoms with Gasteiger partial charge < -0.3 is 15.7 Å². The van der Waals surface area contributed by atoms with Gasteiger partial charge >= 0.3 is 0 Å². The van der Waals surface area contributed by atoms with Crippen molar-refractivity contribution in [2.75, 3.05) is 7.05 Å². The molecule has 16 heavy (non-hydrogen) atoms. The quantitative estimate of drug-likeness (QED) is 0.563. The van der Waals surface area contributed by atoms with E-state index >= 15 is 0 Å². The number of ketones is 1. The highest BCUT2D eigenvalue weighted by atomic mass is 16.3. The van der Waals surface area contributed by atoms with Gasteiger partial charge in [0.05, 0.1) is 5.57 Å². The molecule has 1 aliphatic heterocycles. The second-order valence-electron chi connectivity index (χ2n) is 3.89. The van der Waals surface area contributed by atoms with E-state index in [1.165, 1.54) is 13.1 Å². The minimum atomic E-state index is -1.02. The van der Waals surface area contributed by atoms with Gasteiger partial charge in [0.1, 0.15) is 0 Å². The van der Waals surface area contributed by atoms with E-state index in [1.54, 1.807) is 0 Å². The normalized spacial score (nSPS) is 24.5. The lowest BCUT2D eigenvalue weighted by atomic mass is 9.90. The molecular weight excluding hydrogens is 208 g/mol. The molecule has 2 rings (SSSR count). The van der Waals surface area contributed by atoms with Gasteiger partial charge in [-0.2, -0.15) is 0 Å². The molecule has 1 unspecified atom stereocenters. The van der Waals surface area contributed by atoms with Gasteiger partial charge in [-0.25, -0.2) is 0 Å². The maximum Gasteiger partial charge on any atom is 0.251 e. The molecule has 0 radical (unpaired) electrons. The first kappa shape index (κ1) is 10.9. The number of hydrogen-bond donors (Lipinski definition) is 3. The van der Waals surface area contributed by atoms with Gasteiger partial charge in [-0.1, -0.05) is 0 Å². The number of carbonyl (C=O) groups is 2. The summed E-state index contributed by atoms with van der Waals surface area (Å²) in [6.07, 6.45) is 2.52. The Morgan fingerprint density at radius 3 is 3.00 bits per heavy atom. The molecule has 86 valence electrons. The largest absolute Gasteiger partial charge is 0.369 e. The summed E-state index contributed by atoms with van der Waals surface area (Å²) in [5.41, 5.74) is 1.48. The lowest BCUT2D eigenvalue weighted by molar-refractivity contribution is -0.118. The second kappa shape index (κ2) is 4.09. The zero-order valence-corrected chi connectivity index (χ0v) is 9.04. The van der Waals surface area contributed by atoms with E-state index in [0.717, 1.165) is 18.5 Å². The van der Waals surface area contributed by atoms with Gasteiger partial charge in [0, 0.05) is 24.7 Å². The molecule has 0 aromatic carbocycles. The summed E-state index contributed by atoms with van der Waals surface area (Å²) in [5.74, 6) is -0.341. The second-order valence-corrected chi connectivity index (χ2v) is 3.89. The minimum absolute atomic E-state index is 0.0297. The van der Waals surface area contributed by atoms with E-state index in [-0.39, 0.29) is 17.3 Å². The molecule has 0 spiro atoms. The van der Waals surface area contributed by atoms with Crippen LogP contribution in [0, 0.1) is 0 Å². The number of amides is 1. The van der Waals surface area contributed by atoms with Crippen LogP contribution in [0.3, 0.4) is 0 Å². The minimum Gasteiger partial charge on any atom is -0.369 e. The molecule has 1 heterocycles. The van der Waals surface area contributed by atoms with Crippen molar-refractivity contribution >= 4 is 11.7 Å². The number of likely N-dealkylation sites (N-methyl/N-ethyl adjacent to an activating group) is 1. The van der Waals surface area contributed by atoms with Gasteiger partial charge in [0.2, 0.25) is 0 Å². The Hall–Kier alpha value is -1.62. The maximum atomic E-state index is 11.6. The number of carbonyl (C=O) groups excluding carboxylic acids is 2. The third-order valence-electron chi connectivity index (χ3n) is 2.85. The molecule has 1 atom stereocenters. The van der Waals surface area contributed by atoms with Crippen molar-refractivity contribution in [3.63, 3.8) is 0 Å².